The third-order valence-electron chi connectivity index (χ3n) is 6.51. The molecule has 0 aliphatic carbocycles. The van der Waals surface area contributed by atoms with Crippen LogP contribution in [0.25, 0.3) is 0 Å². The summed E-state index contributed by atoms with van der Waals surface area (Å²) in [6.07, 6.45) is 2.39. The number of nitrogens with one attached hydrogen (secondary N) is 1. The third-order valence-corrected chi connectivity index (χ3v) is 6.51. The number of ketones is 1. The van der Waals surface area contributed by atoms with E-state index < -0.39 is 12.1 Å². The number of amides is 1. The van der Waals surface area contributed by atoms with Gasteiger partial charge in [0.05, 0.1) is 18.8 Å². The molecule has 208 valence electrons. The number of nitrogens with zero attached hydrogens (tertiary/aromatic N) is 1. The molecular weight excluding hydrogens is 484 g/mol. The first-order chi connectivity index (χ1) is 18.4. The molecule has 2 aromatic rings. The molecule has 0 spiro atoms. The first-order valence-electron chi connectivity index (χ1n) is 13.6. The van der Waals surface area contributed by atoms with Gasteiger partial charge < -0.3 is 29.5 Å². The fraction of sp³-hybridized carbons (Fsp3) is 0.533. The monoisotopic (exact) mass is 526 g/mol. The predicted molar refractivity (Wildman–Crippen MR) is 147 cm³/mol. The summed E-state index contributed by atoms with van der Waals surface area (Å²) in [5, 5.41) is 14.2. The van der Waals surface area contributed by atoms with Crippen molar-refractivity contribution in [1.29, 1.82) is 0 Å². The molecule has 1 aliphatic heterocycles. The molecule has 8 nitrogen and oxygen atoms in total. The van der Waals surface area contributed by atoms with Gasteiger partial charge in [0, 0.05) is 32.1 Å². The van der Waals surface area contributed by atoms with Crippen LogP contribution in [0, 0.1) is 0 Å². The summed E-state index contributed by atoms with van der Waals surface area (Å²) in [5.74, 6) is 1.25. The lowest BCUT2D eigenvalue weighted by molar-refractivity contribution is -0.123. The van der Waals surface area contributed by atoms with E-state index in [1.165, 1.54) is 0 Å². The van der Waals surface area contributed by atoms with Gasteiger partial charge in [0.25, 0.3) is 0 Å². The lowest BCUT2D eigenvalue weighted by Gasteiger charge is -2.29. The van der Waals surface area contributed by atoms with Crippen molar-refractivity contribution >= 4 is 11.7 Å². The van der Waals surface area contributed by atoms with Crippen molar-refractivity contribution in [1.82, 2.24) is 10.2 Å². The summed E-state index contributed by atoms with van der Waals surface area (Å²) in [6, 6.07) is 13.9. The Hall–Kier alpha value is -2.94. The van der Waals surface area contributed by atoms with E-state index in [-0.39, 0.29) is 30.6 Å². The number of rotatable bonds is 16. The number of methoxy groups -OCH3 is 1. The Morgan fingerprint density at radius 1 is 0.947 bits per heavy atom. The van der Waals surface area contributed by atoms with Crippen LogP contribution in [0.15, 0.2) is 48.5 Å². The Balaban J connectivity index is 1.51. The summed E-state index contributed by atoms with van der Waals surface area (Å²) in [4.78, 5) is 27.7. The van der Waals surface area contributed by atoms with Crippen molar-refractivity contribution in [2.45, 2.75) is 64.2 Å². The van der Waals surface area contributed by atoms with Crippen LogP contribution in [0.3, 0.4) is 0 Å². The van der Waals surface area contributed by atoms with Gasteiger partial charge in [-0.25, -0.2) is 0 Å². The van der Waals surface area contributed by atoms with Crippen molar-refractivity contribution < 1.29 is 28.9 Å². The molecule has 2 atom stereocenters. The Morgan fingerprint density at radius 2 is 1.61 bits per heavy atom. The van der Waals surface area contributed by atoms with E-state index in [4.69, 9.17) is 14.2 Å². The maximum Gasteiger partial charge on any atom is 0.220 e. The maximum atomic E-state index is 12.8. The fourth-order valence-corrected chi connectivity index (χ4v) is 4.53. The lowest BCUT2D eigenvalue weighted by atomic mass is 10.0. The molecule has 3 rings (SSSR count). The average Bonchev–Trinajstić information content (AvgIpc) is 3.42. The fourth-order valence-electron chi connectivity index (χ4n) is 4.53. The van der Waals surface area contributed by atoms with Crippen molar-refractivity contribution in [3.05, 3.63) is 59.7 Å². The number of aliphatic hydroxyl groups excluding tert-OH is 1. The van der Waals surface area contributed by atoms with Crippen molar-refractivity contribution in [2.75, 3.05) is 40.0 Å². The zero-order chi connectivity index (χ0) is 27.3. The van der Waals surface area contributed by atoms with Gasteiger partial charge in [-0.15, -0.1) is 0 Å². The summed E-state index contributed by atoms with van der Waals surface area (Å²) in [6.45, 7) is 7.38. The number of aliphatic hydroxyl groups is 1. The molecule has 38 heavy (non-hydrogen) atoms. The molecule has 0 unspecified atom stereocenters. The van der Waals surface area contributed by atoms with Crippen molar-refractivity contribution in [2.24, 2.45) is 0 Å². The Labute approximate surface area is 226 Å². The van der Waals surface area contributed by atoms with Crippen molar-refractivity contribution in [3.8, 4) is 11.5 Å². The Bertz CT molecular complexity index is 987. The van der Waals surface area contributed by atoms with Gasteiger partial charge in [0.1, 0.15) is 24.2 Å². The molecule has 0 aromatic heterocycles. The number of benzene rings is 2. The number of likely N-dealkylation sites (tertiary alicyclic amines) is 1. The summed E-state index contributed by atoms with van der Waals surface area (Å²) >= 11 is 0. The third kappa shape index (κ3) is 9.74. The summed E-state index contributed by atoms with van der Waals surface area (Å²) in [7, 11) is 1.61. The van der Waals surface area contributed by atoms with Crippen LogP contribution in [0.4, 0.5) is 0 Å². The van der Waals surface area contributed by atoms with Crippen LogP contribution >= 0.6 is 0 Å². The van der Waals surface area contributed by atoms with Gasteiger partial charge in [0.15, 0.2) is 5.78 Å². The molecular formula is C30H42N2O6. The number of carbonyl (C=O) groups is 2. The zero-order valence-corrected chi connectivity index (χ0v) is 22.9. The molecule has 1 saturated heterocycles. The zero-order valence-electron chi connectivity index (χ0n) is 22.9. The minimum Gasteiger partial charge on any atom is -0.491 e. The second-order valence-electron chi connectivity index (χ2n) is 10.0. The molecule has 1 aliphatic rings. The molecule has 0 bridgehead atoms. The Morgan fingerprint density at radius 3 is 2.24 bits per heavy atom. The highest BCUT2D eigenvalue weighted by molar-refractivity contribution is 5.96. The van der Waals surface area contributed by atoms with E-state index >= 15 is 0 Å². The topological polar surface area (TPSA) is 97.3 Å². The van der Waals surface area contributed by atoms with Crippen LogP contribution in [0.2, 0.25) is 0 Å². The summed E-state index contributed by atoms with van der Waals surface area (Å²) in [5.41, 5.74) is 1.33. The van der Waals surface area contributed by atoms with Crippen LogP contribution in [0.5, 0.6) is 11.5 Å². The van der Waals surface area contributed by atoms with Crippen LogP contribution in [0.1, 0.15) is 68.0 Å². The van der Waals surface area contributed by atoms with Gasteiger partial charge in [-0.05, 0) is 88.2 Å². The van der Waals surface area contributed by atoms with Gasteiger partial charge in [-0.2, -0.15) is 0 Å². The second-order valence-corrected chi connectivity index (χ2v) is 10.0. The molecule has 1 fully saturated rings. The smallest absolute Gasteiger partial charge is 0.220 e. The molecule has 1 heterocycles. The normalized spacial score (nSPS) is 15.3. The largest absolute Gasteiger partial charge is 0.491 e. The van der Waals surface area contributed by atoms with Crippen LogP contribution in [-0.2, 0) is 9.53 Å². The molecule has 0 radical (unpaired) electrons. The standard InChI is InChI=1S/C30H42N2O6/c1-22(2)38-26-15-11-24(12-16-26)30(35)27(21-32-17-4-5-18-32)31-29(34)8-6-7-28(33)23-9-13-25(14-10-23)37-20-19-36-3/h9-16,22,27,30,35H,4-8,17-21H2,1-3H3,(H,31,34)/t27-,30-/m1/s1. The maximum absolute atomic E-state index is 12.8. The first-order valence-corrected chi connectivity index (χ1v) is 13.6. The van der Waals surface area contributed by atoms with Gasteiger partial charge >= 0.3 is 0 Å². The van der Waals surface area contributed by atoms with Crippen molar-refractivity contribution in [3.63, 3.8) is 0 Å². The summed E-state index contributed by atoms with van der Waals surface area (Å²) < 4.78 is 16.2. The number of carbonyl (C=O) groups excluding carboxylic acids is 2. The van der Waals surface area contributed by atoms with Gasteiger partial charge in [-0.3, -0.25) is 9.59 Å². The van der Waals surface area contributed by atoms with E-state index in [0.29, 0.717) is 37.5 Å². The minimum absolute atomic E-state index is 0.0152. The highest BCUT2D eigenvalue weighted by Gasteiger charge is 2.26. The number of ether oxygens (including phenoxy) is 3. The first kappa shape index (κ1) is 29.6. The highest BCUT2D eigenvalue weighted by Crippen LogP contribution is 2.23. The SMILES string of the molecule is COCCOc1ccc(C(=O)CCCC(=O)N[C@H](CN2CCCC2)[C@H](O)c2ccc(OC(C)C)cc2)cc1. The molecule has 2 N–H and O–H groups in total. The van der Waals surface area contributed by atoms with E-state index in [1.807, 2.05) is 38.1 Å². The molecule has 2 aromatic carbocycles. The molecule has 0 saturated carbocycles. The lowest BCUT2D eigenvalue weighted by Crippen LogP contribution is -2.46. The second kappa shape index (κ2) is 15.5. The number of hydrogen-bond acceptors (Lipinski definition) is 7. The van der Waals surface area contributed by atoms with E-state index in [2.05, 4.69) is 10.2 Å². The molecule has 1 amide bonds. The van der Waals surface area contributed by atoms with Crippen LogP contribution < -0.4 is 14.8 Å². The quantitative estimate of drug-likeness (QED) is 0.250. The van der Waals surface area contributed by atoms with Gasteiger partial charge in [0.2, 0.25) is 5.91 Å². The van der Waals surface area contributed by atoms with Crippen LogP contribution in [-0.4, -0.2) is 73.8 Å². The van der Waals surface area contributed by atoms with E-state index in [1.54, 1.807) is 31.4 Å². The predicted octanol–water partition coefficient (Wildman–Crippen LogP) is 4.17. The number of hydrogen-bond donors (Lipinski definition) is 2. The van der Waals surface area contributed by atoms with Gasteiger partial charge in [-0.1, -0.05) is 12.1 Å². The van der Waals surface area contributed by atoms with E-state index in [9.17, 15) is 14.7 Å². The van der Waals surface area contributed by atoms with E-state index in [0.717, 1.165) is 37.2 Å². The molecule has 8 heteroatoms. The average molecular weight is 527 g/mol. The number of Topliss-reactive ketones (excluding diaryl/α,β-unsaturated/α-hetero) is 1. The Kier molecular flexibility index (Phi) is 12.1. The highest BCUT2D eigenvalue weighted by atomic mass is 16.5. The minimum atomic E-state index is -0.848.